The molecule has 1 fully saturated rings. The molecule has 0 aliphatic carbocycles. The summed E-state index contributed by atoms with van der Waals surface area (Å²) in [5, 5.41) is 12.4. The molecule has 6 heteroatoms. The van der Waals surface area contributed by atoms with Crippen molar-refractivity contribution >= 4 is 17.4 Å². The fourth-order valence-electron chi connectivity index (χ4n) is 4.71. The minimum absolute atomic E-state index is 0.0103. The zero-order valence-corrected chi connectivity index (χ0v) is 20.9. The Morgan fingerprint density at radius 1 is 1.17 bits per heavy atom. The number of carbonyl (C=O) groups excluding carboxylic acids is 2. The SMILES string of the molecule is CC[C@@H](c1ccc(C(/C=C\C(C)=O)=C/NC)cc1)N1CC[C@](CCCO)(c2ccccc2)OC1=O. The van der Waals surface area contributed by atoms with Crippen LogP contribution in [0.1, 0.15) is 62.3 Å². The van der Waals surface area contributed by atoms with E-state index in [1.807, 2.05) is 72.7 Å². The number of nitrogens with zero attached hydrogens (tertiary/aromatic N) is 1. The summed E-state index contributed by atoms with van der Waals surface area (Å²) in [6.07, 6.45) is 7.45. The molecule has 0 radical (unpaired) electrons. The molecule has 186 valence electrons. The number of hydrogen-bond donors (Lipinski definition) is 2. The lowest BCUT2D eigenvalue weighted by molar-refractivity contribution is -0.112. The zero-order valence-electron chi connectivity index (χ0n) is 20.9. The first-order valence-electron chi connectivity index (χ1n) is 12.3. The zero-order chi connectivity index (χ0) is 25.3. The van der Waals surface area contributed by atoms with E-state index < -0.39 is 5.60 Å². The van der Waals surface area contributed by atoms with E-state index >= 15 is 0 Å². The molecule has 1 amide bonds. The summed E-state index contributed by atoms with van der Waals surface area (Å²) in [4.78, 5) is 26.5. The highest BCUT2D eigenvalue weighted by Crippen LogP contribution is 2.41. The van der Waals surface area contributed by atoms with Gasteiger partial charge in [-0.15, -0.1) is 0 Å². The average molecular weight is 477 g/mol. The molecular formula is C29H36N2O4. The van der Waals surface area contributed by atoms with E-state index in [0.717, 1.165) is 28.7 Å². The Morgan fingerprint density at radius 2 is 1.89 bits per heavy atom. The number of rotatable bonds is 11. The summed E-state index contributed by atoms with van der Waals surface area (Å²) >= 11 is 0. The van der Waals surface area contributed by atoms with Gasteiger partial charge in [-0.25, -0.2) is 4.79 Å². The Balaban J connectivity index is 1.81. The molecule has 2 aromatic rings. The van der Waals surface area contributed by atoms with Gasteiger partial charge < -0.3 is 20.1 Å². The Bertz CT molecular complexity index is 1050. The average Bonchev–Trinajstić information content (AvgIpc) is 2.88. The molecular weight excluding hydrogens is 440 g/mol. The third kappa shape index (κ3) is 6.40. The summed E-state index contributed by atoms with van der Waals surface area (Å²) in [6, 6.07) is 17.8. The number of hydrogen-bond acceptors (Lipinski definition) is 5. The summed E-state index contributed by atoms with van der Waals surface area (Å²) in [6.45, 7) is 4.23. The fourth-order valence-corrected chi connectivity index (χ4v) is 4.71. The summed E-state index contributed by atoms with van der Waals surface area (Å²) < 4.78 is 6.14. The molecule has 0 spiro atoms. The van der Waals surface area contributed by atoms with E-state index in [1.54, 1.807) is 12.2 Å². The maximum Gasteiger partial charge on any atom is 0.411 e. The molecule has 35 heavy (non-hydrogen) atoms. The van der Waals surface area contributed by atoms with Crippen molar-refractivity contribution in [3.63, 3.8) is 0 Å². The molecule has 6 nitrogen and oxygen atoms in total. The van der Waals surface area contributed by atoms with Crippen molar-refractivity contribution < 1.29 is 19.4 Å². The van der Waals surface area contributed by atoms with Crippen molar-refractivity contribution in [1.29, 1.82) is 0 Å². The number of benzene rings is 2. The van der Waals surface area contributed by atoms with Gasteiger partial charge in [-0.3, -0.25) is 4.79 Å². The number of allylic oxidation sites excluding steroid dienone is 3. The van der Waals surface area contributed by atoms with Crippen LogP contribution in [0.3, 0.4) is 0 Å². The monoisotopic (exact) mass is 476 g/mol. The summed E-state index contributed by atoms with van der Waals surface area (Å²) in [7, 11) is 1.82. The van der Waals surface area contributed by atoms with Crippen LogP contribution in [-0.4, -0.2) is 42.1 Å². The van der Waals surface area contributed by atoms with Gasteiger partial charge in [0, 0.05) is 32.8 Å². The Hall–Kier alpha value is -3.38. The predicted octanol–water partition coefficient (Wildman–Crippen LogP) is 5.35. The Kier molecular flexibility index (Phi) is 9.26. The molecule has 1 aliphatic rings. The van der Waals surface area contributed by atoms with Crippen molar-refractivity contribution in [3.05, 3.63) is 89.6 Å². The quantitative estimate of drug-likeness (QED) is 0.337. The van der Waals surface area contributed by atoms with Crippen LogP contribution in [0, 0.1) is 0 Å². The Morgan fingerprint density at radius 3 is 2.46 bits per heavy atom. The molecule has 0 aromatic heterocycles. The van der Waals surface area contributed by atoms with Crippen molar-refractivity contribution in [3.8, 4) is 0 Å². The molecule has 1 saturated heterocycles. The molecule has 1 aliphatic heterocycles. The van der Waals surface area contributed by atoms with Gasteiger partial charge in [0.15, 0.2) is 5.78 Å². The number of ether oxygens (including phenoxy) is 1. The van der Waals surface area contributed by atoms with Gasteiger partial charge in [-0.1, -0.05) is 61.5 Å². The second-order valence-electron chi connectivity index (χ2n) is 8.88. The van der Waals surface area contributed by atoms with Gasteiger partial charge in [0.25, 0.3) is 0 Å². The first-order valence-corrected chi connectivity index (χ1v) is 12.3. The van der Waals surface area contributed by atoms with Crippen LogP contribution < -0.4 is 5.32 Å². The van der Waals surface area contributed by atoms with Gasteiger partial charge in [-0.2, -0.15) is 0 Å². The lowest BCUT2D eigenvalue weighted by Crippen LogP contribution is -2.49. The smallest absolute Gasteiger partial charge is 0.411 e. The van der Waals surface area contributed by atoms with E-state index in [4.69, 9.17) is 4.74 Å². The van der Waals surface area contributed by atoms with E-state index in [2.05, 4.69) is 12.2 Å². The van der Waals surface area contributed by atoms with Crippen molar-refractivity contribution in [1.82, 2.24) is 10.2 Å². The number of aliphatic hydroxyl groups is 1. The molecule has 1 heterocycles. The van der Waals surface area contributed by atoms with Gasteiger partial charge >= 0.3 is 6.09 Å². The van der Waals surface area contributed by atoms with Crippen LogP contribution >= 0.6 is 0 Å². The molecule has 0 bridgehead atoms. The van der Waals surface area contributed by atoms with E-state index in [1.165, 1.54) is 6.92 Å². The lowest BCUT2D eigenvalue weighted by Gasteiger charge is -2.44. The molecule has 2 atom stereocenters. The van der Waals surface area contributed by atoms with Gasteiger partial charge in [0.1, 0.15) is 5.60 Å². The van der Waals surface area contributed by atoms with Crippen molar-refractivity contribution in [2.24, 2.45) is 0 Å². The number of nitrogens with one attached hydrogen (secondary N) is 1. The van der Waals surface area contributed by atoms with E-state index in [-0.39, 0.29) is 24.5 Å². The summed E-state index contributed by atoms with van der Waals surface area (Å²) in [5.41, 5.74) is 3.17. The molecule has 0 unspecified atom stereocenters. The van der Waals surface area contributed by atoms with Crippen LogP contribution in [0.15, 0.2) is 72.9 Å². The second-order valence-corrected chi connectivity index (χ2v) is 8.88. The maximum absolute atomic E-state index is 13.3. The second kappa shape index (κ2) is 12.4. The maximum atomic E-state index is 13.3. The Labute approximate surface area is 208 Å². The van der Waals surface area contributed by atoms with Crippen molar-refractivity contribution in [2.75, 3.05) is 20.2 Å². The molecule has 0 saturated carbocycles. The lowest BCUT2D eigenvalue weighted by atomic mass is 9.84. The van der Waals surface area contributed by atoms with Crippen LogP contribution in [-0.2, 0) is 15.1 Å². The number of aliphatic hydroxyl groups excluding tert-OH is 1. The first kappa shape index (κ1) is 26.2. The van der Waals surface area contributed by atoms with Crippen molar-refractivity contribution in [2.45, 2.75) is 51.2 Å². The first-order chi connectivity index (χ1) is 16.9. The van der Waals surface area contributed by atoms with Crippen LogP contribution in [0.2, 0.25) is 0 Å². The molecule has 2 N–H and O–H groups in total. The minimum Gasteiger partial charge on any atom is -0.438 e. The molecule has 2 aromatic carbocycles. The summed E-state index contributed by atoms with van der Waals surface area (Å²) in [5.74, 6) is -0.0103. The van der Waals surface area contributed by atoms with Gasteiger partial charge in [-0.05, 0) is 60.6 Å². The number of cyclic esters (lactones) is 1. The highest BCUT2D eigenvalue weighted by atomic mass is 16.6. The fraction of sp³-hybridized carbons (Fsp3) is 0.379. The van der Waals surface area contributed by atoms with E-state index in [9.17, 15) is 14.7 Å². The number of amides is 1. The van der Waals surface area contributed by atoms with Gasteiger partial charge in [0.2, 0.25) is 0 Å². The van der Waals surface area contributed by atoms with Crippen LogP contribution in [0.5, 0.6) is 0 Å². The van der Waals surface area contributed by atoms with Crippen LogP contribution in [0.4, 0.5) is 4.79 Å². The van der Waals surface area contributed by atoms with Crippen LogP contribution in [0.25, 0.3) is 5.57 Å². The predicted molar refractivity (Wildman–Crippen MR) is 139 cm³/mol. The highest BCUT2D eigenvalue weighted by Gasteiger charge is 2.43. The van der Waals surface area contributed by atoms with E-state index in [0.29, 0.717) is 25.8 Å². The topological polar surface area (TPSA) is 78.9 Å². The standard InChI is InChI=1S/C29H36N2O4/c1-4-27(24-15-13-23(14-16-24)25(21-30-3)12-11-22(2)33)31-19-18-29(17-8-20-32,35-28(31)34)26-9-6-5-7-10-26/h5-7,9-16,21,27,30,32H,4,8,17-20H2,1-3H3/b12-11-,25-21+/t27-,29+/m0/s1. The number of carbonyl (C=O) groups is 2. The largest absolute Gasteiger partial charge is 0.438 e. The third-order valence-electron chi connectivity index (χ3n) is 6.50. The van der Waals surface area contributed by atoms with Gasteiger partial charge in [0.05, 0.1) is 6.04 Å². The highest BCUT2D eigenvalue weighted by molar-refractivity contribution is 5.90. The minimum atomic E-state index is -0.713. The molecule has 3 rings (SSSR count). The third-order valence-corrected chi connectivity index (χ3v) is 6.50. The number of ketones is 1. The normalized spacial score (nSPS) is 19.5.